The van der Waals surface area contributed by atoms with Gasteiger partial charge in [0.05, 0.1) is 12.1 Å². The largest absolute Gasteiger partial charge is 0.376 e. The molecule has 2 aliphatic carbocycles. The van der Waals surface area contributed by atoms with Crippen LogP contribution in [-0.4, -0.2) is 95.5 Å². The molecule has 12 nitrogen and oxygen atoms in total. The maximum absolute atomic E-state index is 14.2. The number of nitrogens with one attached hydrogen (secondary N) is 3. The molecule has 0 aromatic heterocycles. The maximum atomic E-state index is 14.2. The number of hydrogen-bond acceptors (Lipinski definition) is 7. The van der Waals surface area contributed by atoms with E-state index in [1.807, 2.05) is 41.5 Å². The van der Waals surface area contributed by atoms with Crippen molar-refractivity contribution in [2.75, 3.05) is 20.6 Å². The number of nitrogens with two attached hydrogens (primary N) is 1. The number of primary amides is 1. The molecule has 0 aromatic carbocycles. The van der Waals surface area contributed by atoms with Crippen LogP contribution in [-0.2, 0) is 19.2 Å². The van der Waals surface area contributed by atoms with Gasteiger partial charge in [-0.1, -0.05) is 68.2 Å². The highest BCUT2D eigenvalue weighted by atomic mass is 16.3. The Morgan fingerprint density at radius 1 is 0.976 bits per heavy atom. The van der Waals surface area contributed by atoms with Crippen molar-refractivity contribution in [1.82, 2.24) is 25.8 Å². The van der Waals surface area contributed by atoms with Crippen molar-refractivity contribution in [3.05, 3.63) is 0 Å². The molecular weight excluding hydrogens is 540 g/mol. The first-order valence-corrected chi connectivity index (χ1v) is 14.9. The summed E-state index contributed by atoms with van der Waals surface area (Å²) in [5, 5.41) is 19.2. The molecule has 1 aliphatic heterocycles. The van der Waals surface area contributed by atoms with E-state index in [2.05, 4.69) is 29.8 Å². The van der Waals surface area contributed by atoms with E-state index in [4.69, 9.17) is 5.73 Å². The highest BCUT2D eigenvalue weighted by Crippen LogP contribution is 2.65. The Bertz CT molecular complexity index is 1090. The molecule has 6 N–H and O–H groups in total. The second-order valence-electron chi connectivity index (χ2n) is 15.5. The number of rotatable bonds is 11. The summed E-state index contributed by atoms with van der Waals surface area (Å²) in [6.07, 6.45) is 1.22. The lowest BCUT2D eigenvalue weighted by Crippen LogP contribution is -2.63. The van der Waals surface area contributed by atoms with Crippen molar-refractivity contribution in [2.24, 2.45) is 39.7 Å². The van der Waals surface area contributed by atoms with Crippen LogP contribution in [0.2, 0.25) is 0 Å². The number of ketones is 1. The Hall–Kier alpha value is -2.73. The number of amides is 5. The van der Waals surface area contributed by atoms with Gasteiger partial charge in [0.25, 0.3) is 5.91 Å². The van der Waals surface area contributed by atoms with Crippen LogP contribution in [0.25, 0.3) is 0 Å². The minimum absolute atomic E-state index is 0.0841. The molecule has 0 spiro atoms. The quantitative estimate of drug-likeness (QED) is 0.174. The molecule has 1 saturated heterocycles. The van der Waals surface area contributed by atoms with Gasteiger partial charge in [-0.25, -0.2) is 4.79 Å². The number of piperidine rings is 1. The summed E-state index contributed by atoms with van der Waals surface area (Å²) in [5.74, 6) is -2.61. The van der Waals surface area contributed by atoms with Crippen LogP contribution in [0.3, 0.4) is 0 Å². The summed E-state index contributed by atoms with van der Waals surface area (Å²) in [4.78, 5) is 68.6. The van der Waals surface area contributed by atoms with Gasteiger partial charge in [0.2, 0.25) is 17.6 Å². The lowest BCUT2D eigenvalue weighted by Gasteiger charge is -2.40. The predicted molar refractivity (Wildman–Crippen MR) is 158 cm³/mol. The van der Waals surface area contributed by atoms with Crippen molar-refractivity contribution in [2.45, 2.75) is 105 Å². The molecule has 3 rings (SSSR count). The standard InChI is InChI=1S/C30H52N6O6/c1-28(2,3)21(25(40)35(9)10)33-27(42)34-22(29(4,5)6)26(41)36-14-16-18(30(16,7)8)19(36)24(39)32-17(13-15-11-12-15)20(37)23(31)38/h15-19,21-22,25,40H,11-14H2,1-10H3,(H2,31,38)(H,32,39)(H2,33,34,42)/t16-,17?,18-,19-,21+,22+,25?/m0/s1. The van der Waals surface area contributed by atoms with Crippen LogP contribution in [0.4, 0.5) is 4.79 Å². The zero-order valence-electron chi connectivity index (χ0n) is 26.9. The summed E-state index contributed by atoms with van der Waals surface area (Å²) >= 11 is 0. The number of hydrogen-bond donors (Lipinski definition) is 5. The fraction of sp³-hybridized carbons (Fsp3) is 0.833. The number of nitrogens with zero attached hydrogens (tertiary/aromatic N) is 2. The second kappa shape index (κ2) is 11.7. The van der Waals surface area contributed by atoms with Crippen molar-refractivity contribution in [3.63, 3.8) is 0 Å². The van der Waals surface area contributed by atoms with E-state index in [0.29, 0.717) is 13.0 Å². The monoisotopic (exact) mass is 592 g/mol. The van der Waals surface area contributed by atoms with Crippen molar-refractivity contribution < 1.29 is 29.1 Å². The number of likely N-dealkylation sites (N-methyl/N-ethyl adjacent to an activating group) is 1. The average molecular weight is 593 g/mol. The molecule has 1 heterocycles. The molecule has 3 aliphatic rings. The van der Waals surface area contributed by atoms with Gasteiger partial charge in [-0.2, -0.15) is 0 Å². The Morgan fingerprint density at radius 3 is 2.00 bits per heavy atom. The molecular formula is C30H52N6O6. The fourth-order valence-corrected chi connectivity index (χ4v) is 6.33. The third-order valence-electron chi connectivity index (χ3n) is 9.34. The smallest absolute Gasteiger partial charge is 0.315 e. The van der Waals surface area contributed by atoms with Crippen LogP contribution in [0, 0.1) is 34.0 Å². The maximum Gasteiger partial charge on any atom is 0.315 e. The van der Waals surface area contributed by atoms with Gasteiger partial charge in [-0.05, 0) is 54.5 Å². The fourth-order valence-electron chi connectivity index (χ4n) is 6.33. The molecule has 3 fully saturated rings. The summed E-state index contributed by atoms with van der Waals surface area (Å²) < 4.78 is 0. The third kappa shape index (κ3) is 7.24. The second-order valence-corrected chi connectivity index (χ2v) is 15.5. The number of aliphatic hydroxyl groups excluding tert-OH is 1. The summed E-state index contributed by atoms with van der Waals surface area (Å²) in [7, 11) is 3.42. The van der Waals surface area contributed by atoms with Gasteiger partial charge >= 0.3 is 6.03 Å². The van der Waals surface area contributed by atoms with E-state index < -0.39 is 70.8 Å². The van der Waals surface area contributed by atoms with Crippen LogP contribution in [0.1, 0.15) is 74.7 Å². The van der Waals surface area contributed by atoms with Crippen LogP contribution >= 0.6 is 0 Å². The molecule has 0 aromatic rings. The summed E-state index contributed by atoms with van der Waals surface area (Å²) in [6, 6.07) is -4.12. The zero-order valence-corrected chi connectivity index (χ0v) is 26.9. The number of likely N-dealkylation sites (tertiary alicyclic amines) is 1. The SMILES string of the molecule is CN(C)C(O)[C@@H](NC(=O)N[C@H](C(=O)N1C[C@H]2[C@@H]([C@H]1C(=O)NC(CC1CC1)C(=O)C(N)=O)C2(C)C)C(C)(C)C)C(C)(C)C. The number of fused-ring (bicyclic) bond motifs is 1. The van der Waals surface area contributed by atoms with Crippen molar-refractivity contribution >= 4 is 29.5 Å². The zero-order chi connectivity index (χ0) is 32.1. The molecule has 2 unspecified atom stereocenters. The first kappa shape index (κ1) is 33.8. The minimum atomic E-state index is -1.10. The van der Waals surface area contributed by atoms with Crippen molar-refractivity contribution in [1.29, 1.82) is 0 Å². The molecule has 7 atom stereocenters. The Balaban J connectivity index is 1.83. The molecule has 0 radical (unpaired) electrons. The van der Waals surface area contributed by atoms with Gasteiger partial charge < -0.3 is 31.7 Å². The number of urea groups is 1. The summed E-state index contributed by atoms with van der Waals surface area (Å²) in [5.41, 5.74) is 3.89. The average Bonchev–Trinajstić information content (AvgIpc) is 3.70. The van der Waals surface area contributed by atoms with E-state index in [1.54, 1.807) is 19.0 Å². The van der Waals surface area contributed by atoms with Gasteiger partial charge in [-0.3, -0.25) is 24.1 Å². The van der Waals surface area contributed by atoms with Gasteiger partial charge in [0, 0.05) is 6.54 Å². The van der Waals surface area contributed by atoms with Gasteiger partial charge in [0.1, 0.15) is 18.3 Å². The Labute approximate surface area is 249 Å². The minimum Gasteiger partial charge on any atom is -0.376 e. The number of carbonyl (C=O) groups excluding carboxylic acids is 5. The van der Waals surface area contributed by atoms with E-state index in [0.717, 1.165) is 12.8 Å². The molecule has 42 heavy (non-hydrogen) atoms. The molecule has 2 saturated carbocycles. The Kier molecular flexibility index (Phi) is 9.44. The molecule has 0 bridgehead atoms. The molecule has 5 amide bonds. The highest BCUT2D eigenvalue weighted by molar-refractivity contribution is 6.37. The Morgan fingerprint density at radius 2 is 1.55 bits per heavy atom. The first-order chi connectivity index (χ1) is 19.1. The molecule has 12 heteroatoms. The number of Topliss-reactive ketones (excluding diaryl/α,β-unsaturated/α-hetero) is 1. The normalized spacial score (nSPS) is 26.0. The van der Waals surface area contributed by atoms with Crippen LogP contribution in [0.15, 0.2) is 0 Å². The van der Waals surface area contributed by atoms with Crippen molar-refractivity contribution in [3.8, 4) is 0 Å². The predicted octanol–water partition coefficient (Wildman–Crippen LogP) is 0.817. The molecule has 238 valence electrons. The third-order valence-corrected chi connectivity index (χ3v) is 9.34. The van der Waals surface area contributed by atoms with E-state index in [9.17, 15) is 29.1 Å². The van der Waals surface area contributed by atoms with Gasteiger partial charge in [0.15, 0.2) is 0 Å². The first-order valence-electron chi connectivity index (χ1n) is 14.9. The van der Waals surface area contributed by atoms with Gasteiger partial charge in [-0.15, -0.1) is 0 Å². The number of carbonyl (C=O) groups is 5. The topological polar surface area (TPSA) is 174 Å². The van der Waals surface area contributed by atoms with E-state index >= 15 is 0 Å². The van der Waals surface area contributed by atoms with Crippen LogP contribution in [0.5, 0.6) is 0 Å². The number of aliphatic hydroxyl groups is 1. The lowest BCUT2D eigenvalue weighted by molar-refractivity contribution is -0.145. The van der Waals surface area contributed by atoms with Crippen LogP contribution < -0.4 is 21.7 Å². The lowest BCUT2D eigenvalue weighted by atomic mass is 9.84. The van der Waals surface area contributed by atoms with E-state index in [1.165, 1.54) is 4.90 Å². The van der Waals surface area contributed by atoms with E-state index in [-0.39, 0.29) is 23.2 Å². The summed E-state index contributed by atoms with van der Waals surface area (Å²) in [6.45, 7) is 15.6. The highest BCUT2D eigenvalue weighted by Gasteiger charge is 2.70.